The first-order valence-electron chi connectivity index (χ1n) is 5.98. The van der Waals surface area contributed by atoms with Crippen molar-refractivity contribution >= 4 is 0 Å². The summed E-state index contributed by atoms with van der Waals surface area (Å²) in [5, 5.41) is 0. The van der Waals surface area contributed by atoms with Crippen LogP contribution in [-0.4, -0.2) is 0 Å². The van der Waals surface area contributed by atoms with Crippen LogP contribution in [0.25, 0.3) is 0 Å². The van der Waals surface area contributed by atoms with Crippen molar-refractivity contribution in [2.45, 2.75) is 26.3 Å². The average Bonchev–Trinajstić information content (AvgIpc) is 2.68. The van der Waals surface area contributed by atoms with Gasteiger partial charge >= 0.3 is 0 Å². The van der Waals surface area contributed by atoms with Gasteiger partial charge in [0.15, 0.2) is 0 Å². The number of rotatable bonds is 4. The van der Waals surface area contributed by atoms with Crippen molar-refractivity contribution in [2.24, 2.45) is 5.84 Å². The highest BCUT2D eigenvalue weighted by atomic mass is 19.1. The van der Waals surface area contributed by atoms with Gasteiger partial charge in [0.2, 0.25) is 0 Å². The summed E-state index contributed by atoms with van der Waals surface area (Å²) in [5.41, 5.74) is 3.93. The smallest absolute Gasteiger partial charge is 0.129 e. The van der Waals surface area contributed by atoms with E-state index in [9.17, 15) is 8.78 Å². The van der Waals surface area contributed by atoms with Gasteiger partial charge in [-0.15, -0.1) is 0 Å². The van der Waals surface area contributed by atoms with Gasteiger partial charge in [-0.1, -0.05) is 6.07 Å². The maximum atomic E-state index is 13.6. The average molecular weight is 266 g/mol. The largest absolute Gasteiger partial charge is 0.466 e. The van der Waals surface area contributed by atoms with Crippen molar-refractivity contribution in [2.75, 3.05) is 0 Å². The molecule has 0 radical (unpaired) electrons. The van der Waals surface area contributed by atoms with Gasteiger partial charge in [-0.3, -0.25) is 11.3 Å². The molecule has 1 aromatic heterocycles. The zero-order valence-corrected chi connectivity index (χ0v) is 10.8. The highest BCUT2D eigenvalue weighted by molar-refractivity contribution is 5.28. The molecule has 0 aliphatic heterocycles. The summed E-state index contributed by atoms with van der Waals surface area (Å²) in [6.07, 6.45) is 0.322. The second-order valence-electron chi connectivity index (χ2n) is 4.53. The van der Waals surface area contributed by atoms with E-state index in [4.69, 9.17) is 10.3 Å². The Labute approximate surface area is 110 Å². The monoisotopic (exact) mass is 266 g/mol. The predicted molar refractivity (Wildman–Crippen MR) is 68.3 cm³/mol. The zero-order valence-electron chi connectivity index (χ0n) is 10.8. The van der Waals surface area contributed by atoms with Gasteiger partial charge in [-0.25, -0.2) is 8.78 Å². The molecule has 1 heterocycles. The van der Waals surface area contributed by atoms with Crippen LogP contribution in [0.2, 0.25) is 0 Å². The molecule has 1 atom stereocenters. The summed E-state index contributed by atoms with van der Waals surface area (Å²) in [4.78, 5) is 0. The maximum Gasteiger partial charge on any atom is 0.129 e. The molecule has 2 rings (SSSR count). The lowest BCUT2D eigenvalue weighted by atomic mass is 9.99. The molecule has 3 N–H and O–H groups in total. The van der Waals surface area contributed by atoms with Crippen molar-refractivity contribution in [1.29, 1.82) is 0 Å². The van der Waals surface area contributed by atoms with Crippen molar-refractivity contribution in [3.05, 3.63) is 58.5 Å². The zero-order chi connectivity index (χ0) is 14.0. The Balaban J connectivity index is 2.26. The first-order valence-corrected chi connectivity index (χ1v) is 5.98. The van der Waals surface area contributed by atoms with E-state index < -0.39 is 11.6 Å². The van der Waals surface area contributed by atoms with Crippen molar-refractivity contribution in [1.82, 2.24) is 5.43 Å². The molecular formula is C14H16F2N2O. The summed E-state index contributed by atoms with van der Waals surface area (Å²) < 4.78 is 31.9. The Morgan fingerprint density at radius 1 is 1.26 bits per heavy atom. The number of hydrogen-bond donors (Lipinski definition) is 2. The summed E-state index contributed by atoms with van der Waals surface area (Å²) in [5.74, 6) is 5.87. The maximum absolute atomic E-state index is 13.6. The van der Waals surface area contributed by atoms with Crippen molar-refractivity contribution in [3.63, 3.8) is 0 Å². The van der Waals surface area contributed by atoms with Crippen LogP contribution in [0.1, 0.15) is 28.7 Å². The molecule has 0 amide bonds. The third-order valence-electron chi connectivity index (χ3n) is 3.10. The number of nitrogens with one attached hydrogen (secondary N) is 1. The molecule has 1 aromatic carbocycles. The number of hydrogen-bond acceptors (Lipinski definition) is 3. The topological polar surface area (TPSA) is 51.2 Å². The van der Waals surface area contributed by atoms with Gasteiger partial charge in [0.1, 0.15) is 23.2 Å². The molecule has 0 aliphatic carbocycles. The Hall–Kier alpha value is -1.72. The van der Waals surface area contributed by atoms with Gasteiger partial charge < -0.3 is 4.42 Å². The van der Waals surface area contributed by atoms with Crippen LogP contribution >= 0.6 is 0 Å². The molecule has 0 aliphatic rings. The van der Waals surface area contributed by atoms with Gasteiger partial charge in [-0.2, -0.15) is 0 Å². The third-order valence-corrected chi connectivity index (χ3v) is 3.10. The van der Waals surface area contributed by atoms with E-state index in [2.05, 4.69) is 5.43 Å². The van der Waals surface area contributed by atoms with Gasteiger partial charge in [0.25, 0.3) is 0 Å². The lowest BCUT2D eigenvalue weighted by molar-refractivity contribution is 0.480. The molecule has 0 bridgehead atoms. The Bertz CT molecular complexity index is 581. The minimum absolute atomic E-state index is 0.280. The molecule has 2 aromatic rings. The first kappa shape index (κ1) is 13.7. The van der Waals surface area contributed by atoms with Crippen LogP contribution in [-0.2, 0) is 6.42 Å². The quantitative estimate of drug-likeness (QED) is 0.661. The molecule has 0 saturated heterocycles. The normalized spacial score (nSPS) is 12.7. The lowest BCUT2D eigenvalue weighted by Crippen LogP contribution is -2.30. The number of hydrazine groups is 1. The van der Waals surface area contributed by atoms with Gasteiger partial charge in [-0.05, 0) is 38.0 Å². The fourth-order valence-corrected chi connectivity index (χ4v) is 2.16. The van der Waals surface area contributed by atoms with E-state index in [0.717, 1.165) is 23.2 Å². The van der Waals surface area contributed by atoms with Crippen molar-refractivity contribution < 1.29 is 13.2 Å². The lowest BCUT2D eigenvalue weighted by Gasteiger charge is -2.15. The highest BCUT2D eigenvalue weighted by Gasteiger charge is 2.18. The summed E-state index contributed by atoms with van der Waals surface area (Å²) in [6, 6.07) is 5.12. The van der Waals surface area contributed by atoms with E-state index in [1.165, 1.54) is 12.1 Å². The van der Waals surface area contributed by atoms with Crippen LogP contribution in [0.4, 0.5) is 8.78 Å². The summed E-state index contributed by atoms with van der Waals surface area (Å²) in [7, 11) is 0. The van der Waals surface area contributed by atoms with Crippen LogP contribution < -0.4 is 11.3 Å². The Morgan fingerprint density at radius 3 is 2.53 bits per heavy atom. The molecule has 3 nitrogen and oxygen atoms in total. The minimum Gasteiger partial charge on any atom is -0.466 e. The standard InChI is InChI=1S/C14H16F2N2O/c1-8-5-12(9(2)19-8)14(18-17)6-10-3-4-11(15)7-13(10)16/h3-5,7,14,18H,6,17H2,1-2H3. The molecule has 19 heavy (non-hydrogen) atoms. The molecule has 0 spiro atoms. The number of halogens is 2. The van der Waals surface area contributed by atoms with E-state index in [-0.39, 0.29) is 6.04 Å². The SMILES string of the molecule is Cc1cc(C(Cc2ccc(F)cc2F)NN)c(C)o1. The number of aryl methyl sites for hydroxylation is 2. The Morgan fingerprint density at radius 2 is 2.00 bits per heavy atom. The van der Waals surface area contributed by atoms with E-state index in [1.807, 2.05) is 19.9 Å². The molecule has 5 heteroatoms. The van der Waals surface area contributed by atoms with Gasteiger partial charge in [0, 0.05) is 11.6 Å². The molecule has 0 saturated carbocycles. The molecule has 1 unspecified atom stereocenters. The minimum atomic E-state index is -0.589. The first-order chi connectivity index (χ1) is 9.01. The van der Waals surface area contributed by atoms with E-state index in [1.54, 1.807) is 0 Å². The Kier molecular flexibility index (Phi) is 3.97. The van der Waals surface area contributed by atoms with Gasteiger partial charge in [0.05, 0.1) is 6.04 Å². The number of furan rings is 1. The number of benzene rings is 1. The number of nitrogens with two attached hydrogens (primary N) is 1. The highest BCUT2D eigenvalue weighted by Crippen LogP contribution is 2.25. The summed E-state index contributed by atoms with van der Waals surface area (Å²) >= 11 is 0. The fourth-order valence-electron chi connectivity index (χ4n) is 2.16. The second-order valence-corrected chi connectivity index (χ2v) is 4.53. The third kappa shape index (κ3) is 3.00. The van der Waals surface area contributed by atoms with Crippen molar-refractivity contribution in [3.8, 4) is 0 Å². The van der Waals surface area contributed by atoms with Crippen LogP contribution in [0.3, 0.4) is 0 Å². The molecule has 0 fully saturated rings. The van der Waals surface area contributed by atoms with Crippen LogP contribution in [0.15, 0.2) is 28.7 Å². The molecule has 102 valence electrons. The van der Waals surface area contributed by atoms with Crippen LogP contribution in [0.5, 0.6) is 0 Å². The predicted octanol–water partition coefficient (Wildman–Crippen LogP) is 2.92. The van der Waals surface area contributed by atoms with E-state index in [0.29, 0.717) is 12.0 Å². The summed E-state index contributed by atoms with van der Waals surface area (Å²) in [6.45, 7) is 3.66. The van der Waals surface area contributed by atoms with Crippen LogP contribution in [0, 0.1) is 25.5 Å². The fraction of sp³-hybridized carbons (Fsp3) is 0.286. The molecular weight excluding hydrogens is 250 g/mol. The second kappa shape index (κ2) is 5.50. The van der Waals surface area contributed by atoms with E-state index >= 15 is 0 Å².